The molecule has 0 aromatic heterocycles. The van der Waals surface area contributed by atoms with Crippen molar-refractivity contribution in [1.82, 2.24) is 10.2 Å². The van der Waals surface area contributed by atoms with E-state index in [1.165, 1.54) is 0 Å². The summed E-state index contributed by atoms with van der Waals surface area (Å²) in [4.78, 5) is 14.5. The van der Waals surface area contributed by atoms with Crippen molar-refractivity contribution in [2.45, 2.75) is 19.3 Å². The Labute approximate surface area is 120 Å². The fourth-order valence-electron chi connectivity index (χ4n) is 2.61. The van der Waals surface area contributed by atoms with Gasteiger partial charge < -0.3 is 14.8 Å². The number of ether oxygens (including phenoxy) is 2. The SMILES string of the molecule is N#CC1(C(=O)NCCCN2CCOCC2)CCOCC1. The van der Waals surface area contributed by atoms with Gasteiger partial charge in [0.15, 0.2) is 0 Å². The number of carbonyl (C=O) groups is 1. The lowest BCUT2D eigenvalue weighted by molar-refractivity contribution is -0.132. The second-order valence-corrected chi connectivity index (χ2v) is 5.37. The molecule has 6 nitrogen and oxygen atoms in total. The average molecular weight is 281 g/mol. The van der Waals surface area contributed by atoms with Gasteiger partial charge in [-0.05, 0) is 25.8 Å². The van der Waals surface area contributed by atoms with Crippen LogP contribution in [0.4, 0.5) is 0 Å². The number of carbonyl (C=O) groups excluding carboxylic acids is 1. The van der Waals surface area contributed by atoms with Crippen molar-refractivity contribution in [3.63, 3.8) is 0 Å². The van der Waals surface area contributed by atoms with Crippen molar-refractivity contribution in [2.75, 3.05) is 52.6 Å². The van der Waals surface area contributed by atoms with E-state index in [0.29, 0.717) is 32.6 Å². The Morgan fingerprint density at radius 1 is 1.20 bits per heavy atom. The number of nitrogens with one attached hydrogen (secondary N) is 1. The molecule has 2 fully saturated rings. The van der Waals surface area contributed by atoms with E-state index in [9.17, 15) is 10.1 Å². The number of morpholine rings is 1. The van der Waals surface area contributed by atoms with Gasteiger partial charge in [-0.1, -0.05) is 0 Å². The van der Waals surface area contributed by atoms with E-state index in [-0.39, 0.29) is 5.91 Å². The van der Waals surface area contributed by atoms with Crippen molar-refractivity contribution >= 4 is 5.91 Å². The van der Waals surface area contributed by atoms with E-state index in [4.69, 9.17) is 9.47 Å². The molecule has 0 saturated carbocycles. The molecular formula is C14H23N3O3. The van der Waals surface area contributed by atoms with Gasteiger partial charge >= 0.3 is 0 Å². The molecule has 112 valence electrons. The second-order valence-electron chi connectivity index (χ2n) is 5.37. The van der Waals surface area contributed by atoms with Gasteiger partial charge in [-0.15, -0.1) is 0 Å². The van der Waals surface area contributed by atoms with Gasteiger partial charge in [-0.2, -0.15) is 5.26 Å². The maximum absolute atomic E-state index is 12.2. The number of hydrogen-bond acceptors (Lipinski definition) is 5. The van der Waals surface area contributed by atoms with Crippen molar-refractivity contribution in [1.29, 1.82) is 5.26 Å². The normalized spacial score (nSPS) is 22.9. The van der Waals surface area contributed by atoms with Crippen molar-refractivity contribution in [3.05, 3.63) is 0 Å². The summed E-state index contributed by atoms with van der Waals surface area (Å²) in [6, 6.07) is 2.19. The van der Waals surface area contributed by atoms with Crippen molar-refractivity contribution in [2.24, 2.45) is 5.41 Å². The third-order valence-corrected chi connectivity index (χ3v) is 4.04. The highest BCUT2D eigenvalue weighted by atomic mass is 16.5. The molecule has 2 rings (SSSR count). The van der Waals surface area contributed by atoms with Crippen LogP contribution >= 0.6 is 0 Å². The summed E-state index contributed by atoms with van der Waals surface area (Å²) in [6.45, 7) is 6.10. The van der Waals surface area contributed by atoms with Gasteiger partial charge in [0.25, 0.3) is 0 Å². The quantitative estimate of drug-likeness (QED) is 0.726. The van der Waals surface area contributed by atoms with Crippen LogP contribution in [0, 0.1) is 16.7 Å². The Hall–Kier alpha value is -1.16. The monoisotopic (exact) mass is 281 g/mol. The number of nitriles is 1. The first-order chi connectivity index (χ1) is 9.77. The first-order valence-corrected chi connectivity index (χ1v) is 7.34. The minimum atomic E-state index is -0.878. The van der Waals surface area contributed by atoms with Crippen LogP contribution in [0.3, 0.4) is 0 Å². The highest BCUT2D eigenvalue weighted by Gasteiger charge is 2.40. The Kier molecular flexibility index (Phi) is 5.77. The summed E-state index contributed by atoms with van der Waals surface area (Å²) >= 11 is 0. The Morgan fingerprint density at radius 2 is 1.85 bits per heavy atom. The highest BCUT2D eigenvalue weighted by Crippen LogP contribution is 2.29. The molecule has 20 heavy (non-hydrogen) atoms. The van der Waals surface area contributed by atoms with Crippen LogP contribution < -0.4 is 5.32 Å². The molecule has 1 N–H and O–H groups in total. The lowest BCUT2D eigenvalue weighted by Gasteiger charge is -2.29. The van der Waals surface area contributed by atoms with Crippen LogP contribution in [0.25, 0.3) is 0 Å². The summed E-state index contributed by atoms with van der Waals surface area (Å²) in [5, 5.41) is 12.2. The van der Waals surface area contributed by atoms with Crippen LogP contribution in [0.2, 0.25) is 0 Å². The molecular weight excluding hydrogens is 258 g/mol. The highest BCUT2D eigenvalue weighted by molar-refractivity contribution is 5.85. The smallest absolute Gasteiger partial charge is 0.240 e. The third kappa shape index (κ3) is 3.92. The van der Waals surface area contributed by atoms with E-state index in [0.717, 1.165) is 39.3 Å². The lowest BCUT2D eigenvalue weighted by Crippen LogP contribution is -2.44. The fraction of sp³-hybridized carbons (Fsp3) is 0.857. The molecule has 0 spiro atoms. The van der Waals surface area contributed by atoms with Gasteiger partial charge in [0, 0.05) is 32.8 Å². The minimum absolute atomic E-state index is 0.134. The van der Waals surface area contributed by atoms with E-state index in [1.807, 2.05) is 0 Å². The molecule has 0 radical (unpaired) electrons. The van der Waals surface area contributed by atoms with E-state index >= 15 is 0 Å². The van der Waals surface area contributed by atoms with Gasteiger partial charge in [0.1, 0.15) is 5.41 Å². The van der Waals surface area contributed by atoms with Gasteiger partial charge in [0.2, 0.25) is 5.91 Å². The van der Waals surface area contributed by atoms with Crippen LogP contribution in [0.1, 0.15) is 19.3 Å². The molecule has 1 amide bonds. The largest absolute Gasteiger partial charge is 0.381 e. The summed E-state index contributed by atoms with van der Waals surface area (Å²) in [7, 11) is 0. The number of amides is 1. The van der Waals surface area contributed by atoms with Crippen LogP contribution in [0.5, 0.6) is 0 Å². The van der Waals surface area contributed by atoms with Crippen molar-refractivity contribution in [3.8, 4) is 6.07 Å². The van der Waals surface area contributed by atoms with Gasteiger partial charge in [0.05, 0.1) is 19.3 Å². The summed E-state index contributed by atoms with van der Waals surface area (Å²) in [5.41, 5.74) is -0.878. The van der Waals surface area contributed by atoms with E-state index in [2.05, 4.69) is 16.3 Å². The zero-order valence-corrected chi connectivity index (χ0v) is 11.9. The summed E-state index contributed by atoms with van der Waals surface area (Å²) < 4.78 is 10.5. The maximum Gasteiger partial charge on any atom is 0.240 e. The molecule has 2 saturated heterocycles. The molecule has 2 heterocycles. The first-order valence-electron chi connectivity index (χ1n) is 7.34. The average Bonchev–Trinajstić information content (AvgIpc) is 2.53. The van der Waals surface area contributed by atoms with Crippen LogP contribution in [-0.4, -0.2) is 63.4 Å². The Morgan fingerprint density at radius 3 is 2.50 bits per heavy atom. The second kappa shape index (κ2) is 7.58. The lowest BCUT2D eigenvalue weighted by atomic mass is 9.81. The molecule has 0 atom stereocenters. The van der Waals surface area contributed by atoms with Crippen LogP contribution in [0.15, 0.2) is 0 Å². The first kappa shape index (κ1) is 15.2. The predicted octanol–water partition coefficient (Wildman–Crippen LogP) is 0.145. The molecule has 6 heteroatoms. The maximum atomic E-state index is 12.2. The number of nitrogens with zero attached hydrogens (tertiary/aromatic N) is 2. The van der Waals surface area contributed by atoms with Crippen molar-refractivity contribution < 1.29 is 14.3 Å². The van der Waals surface area contributed by atoms with Gasteiger partial charge in [-0.3, -0.25) is 9.69 Å². The third-order valence-electron chi connectivity index (χ3n) is 4.04. The predicted molar refractivity (Wildman–Crippen MR) is 73.0 cm³/mol. The summed E-state index contributed by atoms with van der Waals surface area (Å²) in [5.74, 6) is -0.134. The zero-order chi connectivity index (χ0) is 14.3. The number of hydrogen-bond donors (Lipinski definition) is 1. The van der Waals surface area contributed by atoms with Crippen LogP contribution in [-0.2, 0) is 14.3 Å². The Balaban J connectivity index is 1.67. The topological polar surface area (TPSA) is 74.6 Å². The molecule has 0 aromatic carbocycles. The van der Waals surface area contributed by atoms with Gasteiger partial charge in [-0.25, -0.2) is 0 Å². The molecule has 2 aliphatic rings. The summed E-state index contributed by atoms with van der Waals surface area (Å²) in [6.07, 6.45) is 1.90. The molecule has 0 aliphatic carbocycles. The standard InChI is InChI=1S/C14H23N3O3/c15-12-14(2-8-19-9-3-14)13(18)16-4-1-5-17-6-10-20-11-7-17/h1-11H2,(H,16,18). The van der Waals surface area contributed by atoms with E-state index < -0.39 is 5.41 Å². The molecule has 0 bridgehead atoms. The fourth-order valence-corrected chi connectivity index (χ4v) is 2.61. The molecule has 2 aliphatic heterocycles. The number of rotatable bonds is 5. The van der Waals surface area contributed by atoms with E-state index in [1.54, 1.807) is 0 Å². The Bertz CT molecular complexity index is 355. The minimum Gasteiger partial charge on any atom is -0.381 e. The molecule has 0 unspecified atom stereocenters. The molecule has 0 aromatic rings. The zero-order valence-electron chi connectivity index (χ0n) is 11.9.